The van der Waals surface area contributed by atoms with Gasteiger partial charge in [0.1, 0.15) is 0 Å². The van der Waals surface area contributed by atoms with E-state index in [-0.39, 0.29) is 5.41 Å². The van der Waals surface area contributed by atoms with Crippen molar-refractivity contribution in [3.63, 3.8) is 0 Å². The van der Waals surface area contributed by atoms with Crippen LogP contribution in [0.15, 0.2) is 36.8 Å². The van der Waals surface area contributed by atoms with Crippen LogP contribution in [0.5, 0.6) is 0 Å². The normalized spacial score (nSPS) is 26.2. The number of hydrogen-bond donors (Lipinski definition) is 1. The molecule has 2 unspecified atom stereocenters. The van der Waals surface area contributed by atoms with Crippen molar-refractivity contribution in [1.29, 1.82) is 0 Å². The third-order valence-electron chi connectivity index (χ3n) is 4.61. The molecule has 0 aliphatic heterocycles. The zero-order valence-electron chi connectivity index (χ0n) is 11.1. The third-order valence-corrected chi connectivity index (χ3v) is 4.61. The van der Waals surface area contributed by atoms with Crippen molar-refractivity contribution in [2.24, 2.45) is 5.92 Å². The van der Waals surface area contributed by atoms with Gasteiger partial charge in [0, 0.05) is 17.3 Å². The number of benzene rings is 1. The maximum Gasteiger partial charge on any atom is 0.0921 e. The summed E-state index contributed by atoms with van der Waals surface area (Å²) in [5, 5.41) is 0. The van der Waals surface area contributed by atoms with Gasteiger partial charge < -0.3 is 4.98 Å². The monoisotopic (exact) mass is 240 g/mol. The lowest BCUT2D eigenvalue weighted by molar-refractivity contribution is 0.306. The van der Waals surface area contributed by atoms with Gasteiger partial charge in [0.15, 0.2) is 0 Å². The maximum atomic E-state index is 4.15. The SMILES string of the molecule is CCC1Cc2ccccc2C1(C)Cc1cnc[nH]1. The van der Waals surface area contributed by atoms with E-state index in [1.165, 1.54) is 29.7 Å². The molecule has 18 heavy (non-hydrogen) atoms. The number of aromatic amines is 1. The summed E-state index contributed by atoms with van der Waals surface area (Å²) in [6.45, 7) is 4.72. The lowest BCUT2D eigenvalue weighted by Gasteiger charge is -2.32. The van der Waals surface area contributed by atoms with E-state index in [4.69, 9.17) is 0 Å². The Labute approximate surface area is 108 Å². The Morgan fingerprint density at radius 1 is 1.39 bits per heavy atom. The van der Waals surface area contributed by atoms with Crippen LogP contribution in [0.2, 0.25) is 0 Å². The second kappa shape index (κ2) is 4.27. The molecule has 1 aliphatic carbocycles. The molecule has 0 saturated carbocycles. The van der Waals surface area contributed by atoms with E-state index in [1.54, 1.807) is 6.33 Å². The molecule has 0 fully saturated rings. The lowest BCUT2D eigenvalue weighted by Crippen LogP contribution is -2.30. The summed E-state index contributed by atoms with van der Waals surface area (Å²) in [6.07, 6.45) is 7.25. The van der Waals surface area contributed by atoms with Crippen LogP contribution in [0, 0.1) is 5.92 Å². The van der Waals surface area contributed by atoms with Crippen LogP contribution < -0.4 is 0 Å². The molecule has 2 heteroatoms. The maximum absolute atomic E-state index is 4.15. The molecule has 94 valence electrons. The molecule has 0 amide bonds. The molecule has 1 aromatic heterocycles. The Bertz CT molecular complexity index is 530. The van der Waals surface area contributed by atoms with Crippen LogP contribution in [0.1, 0.15) is 37.1 Å². The van der Waals surface area contributed by atoms with Crippen LogP contribution in [0.4, 0.5) is 0 Å². The first kappa shape index (κ1) is 11.5. The molecule has 0 spiro atoms. The van der Waals surface area contributed by atoms with E-state index in [0.29, 0.717) is 0 Å². The number of imidazole rings is 1. The molecule has 3 rings (SSSR count). The van der Waals surface area contributed by atoms with Crippen molar-refractivity contribution >= 4 is 0 Å². The second-order valence-corrected chi connectivity index (χ2v) is 5.64. The van der Waals surface area contributed by atoms with Crippen molar-refractivity contribution < 1.29 is 0 Å². The summed E-state index contributed by atoms with van der Waals surface area (Å²) in [4.78, 5) is 7.40. The highest BCUT2D eigenvalue weighted by atomic mass is 14.9. The van der Waals surface area contributed by atoms with Gasteiger partial charge in [0.2, 0.25) is 0 Å². The van der Waals surface area contributed by atoms with Gasteiger partial charge in [-0.3, -0.25) is 0 Å². The van der Waals surface area contributed by atoms with Gasteiger partial charge in [-0.25, -0.2) is 4.98 Å². The van der Waals surface area contributed by atoms with Crippen LogP contribution in [-0.2, 0) is 18.3 Å². The first-order chi connectivity index (χ1) is 8.74. The summed E-state index contributed by atoms with van der Waals surface area (Å²) >= 11 is 0. The average Bonchev–Trinajstić information content (AvgIpc) is 2.97. The van der Waals surface area contributed by atoms with Crippen molar-refractivity contribution in [3.05, 3.63) is 53.6 Å². The average molecular weight is 240 g/mol. The van der Waals surface area contributed by atoms with Gasteiger partial charge >= 0.3 is 0 Å². The highest BCUT2D eigenvalue weighted by molar-refractivity contribution is 5.41. The number of rotatable bonds is 3. The summed E-state index contributed by atoms with van der Waals surface area (Å²) in [7, 11) is 0. The quantitative estimate of drug-likeness (QED) is 0.874. The predicted octanol–water partition coefficient (Wildman–Crippen LogP) is 3.49. The van der Waals surface area contributed by atoms with Crippen molar-refractivity contribution in [2.45, 2.75) is 38.5 Å². The van der Waals surface area contributed by atoms with E-state index in [1.807, 2.05) is 6.20 Å². The van der Waals surface area contributed by atoms with E-state index in [2.05, 4.69) is 48.1 Å². The zero-order chi connectivity index (χ0) is 12.6. The second-order valence-electron chi connectivity index (χ2n) is 5.64. The fourth-order valence-corrected chi connectivity index (χ4v) is 3.58. The number of fused-ring (bicyclic) bond motifs is 1. The minimum Gasteiger partial charge on any atom is -0.348 e. The topological polar surface area (TPSA) is 28.7 Å². The molecule has 2 aromatic rings. The Morgan fingerprint density at radius 2 is 2.22 bits per heavy atom. The van der Waals surface area contributed by atoms with E-state index in [9.17, 15) is 0 Å². The molecule has 1 aromatic carbocycles. The van der Waals surface area contributed by atoms with Gasteiger partial charge in [-0.15, -0.1) is 0 Å². The first-order valence-corrected chi connectivity index (χ1v) is 6.79. The number of aromatic nitrogens is 2. The van der Waals surface area contributed by atoms with Gasteiger partial charge in [0.25, 0.3) is 0 Å². The highest BCUT2D eigenvalue weighted by Gasteiger charge is 2.41. The molecule has 0 saturated heterocycles. The smallest absolute Gasteiger partial charge is 0.0921 e. The minimum absolute atomic E-state index is 0.248. The summed E-state index contributed by atoms with van der Waals surface area (Å²) in [6, 6.07) is 8.92. The van der Waals surface area contributed by atoms with Crippen molar-refractivity contribution in [3.8, 4) is 0 Å². The fraction of sp³-hybridized carbons (Fsp3) is 0.438. The summed E-state index contributed by atoms with van der Waals surface area (Å²) in [5.41, 5.74) is 4.56. The molecule has 2 nitrogen and oxygen atoms in total. The van der Waals surface area contributed by atoms with Crippen LogP contribution in [0.25, 0.3) is 0 Å². The van der Waals surface area contributed by atoms with E-state index in [0.717, 1.165) is 12.3 Å². The predicted molar refractivity (Wildman–Crippen MR) is 73.6 cm³/mol. The minimum atomic E-state index is 0.248. The van der Waals surface area contributed by atoms with Crippen LogP contribution in [0.3, 0.4) is 0 Å². The number of nitrogens with one attached hydrogen (secondary N) is 1. The molecule has 0 radical (unpaired) electrons. The van der Waals surface area contributed by atoms with Crippen molar-refractivity contribution in [1.82, 2.24) is 9.97 Å². The van der Waals surface area contributed by atoms with Crippen molar-refractivity contribution in [2.75, 3.05) is 0 Å². The molecule has 2 atom stereocenters. The van der Waals surface area contributed by atoms with Gasteiger partial charge in [-0.2, -0.15) is 0 Å². The lowest BCUT2D eigenvalue weighted by atomic mass is 9.72. The molecule has 1 aliphatic rings. The van der Waals surface area contributed by atoms with E-state index >= 15 is 0 Å². The van der Waals surface area contributed by atoms with Gasteiger partial charge in [-0.1, -0.05) is 44.5 Å². The Morgan fingerprint density at radius 3 is 2.94 bits per heavy atom. The van der Waals surface area contributed by atoms with Crippen LogP contribution >= 0.6 is 0 Å². The molecule has 1 heterocycles. The van der Waals surface area contributed by atoms with Gasteiger partial charge in [-0.05, 0) is 29.9 Å². The Balaban J connectivity index is 2.01. The number of H-pyrrole nitrogens is 1. The third kappa shape index (κ3) is 1.67. The first-order valence-electron chi connectivity index (χ1n) is 6.79. The Hall–Kier alpha value is -1.57. The zero-order valence-corrected chi connectivity index (χ0v) is 11.1. The summed E-state index contributed by atoms with van der Waals surface area (Å²) in [5.74, 6) is 0.734. The van der Waals surface area contributed by atoms with Gasteiger partial charge in [0.05, 0.1) is 6.33 Å². The number of nitrogens with zero attached hydrogens (tertiary/aromatic N) is 1. The molecule has 0 bridgehead atoms. The number of hydrogen-bond acceptors (Lipinski definition) is 1. The fourth-order valence-electron chi connectivity index (χ4n) is 3.58. The summed E-state index contributed by atoms with van der Waals surface area (Å²) < 4.78 is 0. The largest absolute Gasteiger partial charge is 0.348 e. The standard InChI is InChI=1S/C16H20N2/c1-3-13-8-12-6-4-5-7-15(12)16(13,2)9-14-10-17-11-18-14/h4-7,10-11,13H,3,8-9H2,1-2H3,(H,17,18). The highest BCUT2D eigenvalue weighted by Crippen LogP contribution is 2.46. The molecular formula is C16H20N2. The molecule has 1 N–H and O–H groups in total. The molecular weight excluding hydrogens is 220 g/mol. The van der Waals surface area contributed by atoms with Crippen LogP contribution in [-0.4, -0.2) is 9.97 Å². The Kier molecular flexibility index (Phi) is 2.73. The van der Waals surface area contributed by atoms with E-state index < -0.39 is 0 Å².